The SMILES string of the molecule is CC[C@@]1(C)CCC[C@@H](N(C)c2ncc(-c3ccc(-n4ccnc4)cc3O)nn2)C1. The number of phenolic OH excluding ortho intramolecular Hbond substituents is 1. The fraction of sp³-hybridized carbons (Fsp3) is 0.455. The highest BCUT2D eigenvalue weighted by Crippen LogP contribution is 2.40. The van der Waals surface area contributed by atoms with Crippen LogP contribution in [0, 0.1) is 5.41 Å². The van der Waals surface area contributed by atoms with E-state index < -0.39 is 0 Å². The van der Waals surface area contributed by atoms with Crippen molar-refractivity contribution >= 4 is 5.95 Å². The molecule has 1 fully saturated rings. The minimum Gasteiger partial charge on any atom is -0.507 e. The molecule has 2 atom stereocenters. The summed E-state index contributed by atoms with van der Waals surface area (Å²) in [4.78, 5) is 10.7. The summed E-state index contributed by atoms with van der Waals surface area (Å²) in [5.74, 6) is 0.771. The average molecular weight is 393 g/mol. The number of hydrogen-bond acceptors (Lipinski definition) is 6. The summed E-state index contributed by atoms with van der Waals surface area (Å²) in [6.07, 6.45) is 12.9. The van der Waals surface area contributed by atoms with Crippen LogP contribution in [0.1, 0.15) is 46.0 Å². The van der Waals surface area contributed by atoms with Crippen molar-refractivity contribution in [2.75, 3.05) is 11.9 Å². The van der Waals surface area contributed by atoms with Crippen molar-refractivity contribution in [2.24, 2.45) is 5.41 Å². The second-order valence-electron chi connectivity index (χ2n) is 8.34. The molecule has 1 aliphatic rings. The zero-order valence-electron chi connectivity index (χ0n) is 17.3. The number of imidazole rings is 1. The second kappa shape index (κ2) is 7.81. The minimum absolute atomic E-state index is 0.138. The first-order valence-electron chi connectivity index (χ1n) is 10.2. The molecule has 0 saturated heterocycles. The zero-order valence-corrected chi connectivity index (χ0v) is 17.3. The molecular weight excluding hydrogens is 364 g/mol. The Kier molecular flexibility index (Phi) is 5.22. The average Bonchev–Trinajstić information content (AvgIpc) is 3.28. The van der Waals surface area contributed by atoms with Gasteiger partial charge in [0.1, 0.15) is 11.4 Å². The van der Waals surface area contributed by atoms with Crippen molar-refractivity contribution < 1.29 is 5.11 Å². The molecule has 0 spiro atoms. The fourth-order valence-corrected chi connectivity index (χ4v) is 4.22. The molecule has 1 N–H and O–H groups in total. The first-order chi connectivity index (χ1) is 14.0. The number of aromatic hydroxyl groups is 1. The van der Waals surface area contributed by atoms with E-state index in [0.29, 0.717) is 28.7 Å². The molecule has 1 aliphatic carbocycles. The molecule has 152 valence electrons. The molecule has 7 nitrogen and oxygen atoms in total. The summed E-state index contributed by atoms with van der Waals surface area (Å²) in [5.41, 5.74) is 2.39. The Bertz CT molecular complexity index is 956. The molecule has 0 amide bonds. The Labute approximate surface area is 171 Å². The van der Waals surface area contributed by atoms with E-state index in [9.17, 15) is 5.11 Å². The van der Waals surface area contributed by atoms with Crippen LogP contribution in [-0.4, -0.2) is 42.9 Å². The van der Waals surface area contributed by atoms with Crippen molar-refractivity contribution in [2.45, 2.75) is 52.0 Å². The standard InChI is InChI=1S/C22H28N6O/c1-4-22(2)9-5-6-17(13-22)27(3)21-24-14-19(25-26-21)18-8-7-16(12-20(18)29)28-11-10-23-15-28/h7-8,10-12,14-15,17,29H,4-6,9,13H2,1-3H3/t17-,22+/m1/s1. The van der Waals surface area contributed by atoms with Crippen LogP contribution in [-0.2, 0) is 0 Å². The van der Waals surface area contributed by atoms with Gasteiger partial charge in [0, 0.05) is 37.1 Å². The molecule has 7 heteroatoms. The van der Waals surface area contributed by atoms with Crippen LogP contribution >= 0.6 is 0 Å². The van der Waals surface area contributed by atoms with Crippen molar-refractivity contribution in [1.82, 2.24) is 24.7 Å². The molecule has 3 aromatic rings. The summed E-state index contributed by atoms with van der Waals surface area (Å²) < 4.78 is 1.83. The number of benzene rings is 1. The summed E-state index contributed by atoms with van der Waals surface area (Å²) in [7, 11) is 2.06. The molecule has 4 rings (SSSR count). The maximum Gasteiger partial charge on any atom is 0.245 e. The van der Waals surface area contributed by atoms with Gasteiger partial charge in [0.2, 0.25) is 5.95 Å². The van der Waals surface area contributed by atoms with Gasteiger partial charge < -0.3 is 14.6 Å². The zero-order chi connectivity index (χ0) is 20.4. The predicted molar refractivity (Wildman–Crippen MR) is 113 cm³/mol. The third-order valence-corrected chi connectivity index (χ3v) is 6.37. The van der Waals surface area contributed by atoms with Gasteiger partial charge in [-0.3, -0.25) is 0 Å². The van der Waals surface area contributed by atoms with Gasteiger partial charge in [0.05, 0.1) is 18.2 Å². The summed E-state index contributed by atoms with van der Waals surface area (Å²) in [6, 6.07) is 5.86. The van der Waals surface area contributed by atoms with Gasteiger partial charge in [-0.1, -0.05) is 26.7 Å². The highest BCUT2D eigenvalue weighted by Gasteiger charge is 2.33. The number of phenols is 1. The molecule has 2 aromatic heterocycles. The smallest absolute Gasteiger partial charge is 0.245 e. The van der Waals surface area contributed by atoms with Gasteiger partial charge in [-0.2, -0.15) is 0 Å². The Hall–Kier alpha value is -2.96. The van der Waals surface area contributed by atoms with E-state index in [2.05, 4.69) is 46.0 Å². The number of aromatic nitrogens is 5. The van der Waals surface area contributed by atoms with E-state index in [1.807, 2.05) is 22.9 Å². The number of anilines is 1. The Morgan fingerprint density at radius 1 is 1.31 bits per heavy atom. The molecule has 2 heterocycles. The van der Waals surface area contributed by atoms with Crippen molar-refractivity contribution in [1.29, 1.82) is 0 Å². The van der Waals surface area contributed by atoms with Crippen LogP contribution in [0.4, 0.5) is 5.95 Å². The first-order valence-corrected chi connectivity index (χ1v) is 10.2. The lowest BCUT2D eigenvalue weighted by Crippen LogP contribution is -2.40. The van der Waals surface area contributed by atoms with E-state index in [-0.39, 0.29) is 5.75 Å². The minimum atomic E-state index is 0.138. The lowest BCUT2D eigenvalue weighted by atomic mass is 9.71. The largest absolute Gasteiger partial charge is 0.507 e. The summed E-state index contributed by atoms with van der Waals surface area (Å²) in [6.45, 7) is 4.66. The lowest BCUT2D eigenvalue weighted by Gasteiger charge is -2.41. The van der Waals surface area contributed by atoms with Crippen LogP contribution < -0.4 is 4.90 Å². The van der Waals surface area contributed by atoms with Crippen molar-refractivity contribution in [3.8, 4) is 22.7 Å². The second-order valence-corrected chi connectivity index (χ2v) is 8.34. The van der Waals surface area contributed by atoms with Gasteiger partial charge in [-0.05, 0) is 36.8 Å². The molecule has 0 unspecified atom stereocenters. The van der Waals surface area contributed by atoms with E-state index >= 15 is 0 Å². The molecular formula is C22H28N6O. The highest BCUT2D eigenvalue weighted by molar-refractivity contribution is 5.68. The van der Waals surface area contributed by atoms with Gasteiger partial charge in [-0.25, -0.2) is 9.97 Å². The lowest BCUT2D eigenvalue weighted by molar-refractivity contribution is 0.184. The number of hydrogen-bond donors (Lipinski definition) is 1. The maximum absolute atomic E-state index is 10.5. The van der Waals surface area contributed by atoms with Crippen molar-refractivity contribution in [3.63, 3.8) is 0 Å². The Morgan fingerprint density at radius 2 is 2.17 bits per heavy atom. The molecule has 0 radical (unpaired) electrons. The Morgan fingerprint density at radius 3 is 2.83 bits per heavy atom. The topological polar surface area (TPSA) is 80.0 Å². The van der Waals surface area contributed by atoms with Crippen LogP contribution in [0.5, 0.6) is 5.75 Å². The predicted octanol–water partition coefficient (Wildman–Crippen LogP) is 4.23. The fourth-order valence-electron chi connectivity index (χ4n) is 4.22. The molecule has 1 aromatic carbocycles. The first kappa shape index (κ1) is 19.4. The van der Waals surface area contributed by atoms with Crippen LogP contribution in [0.15, 0.2) is 43.1 Å². The molecule has 29 heavy (non-hydrogen) atoms. The van der Waals surface area contributed by atoms with Gasteiger partial charge in [-0.15, -0.1) is 10.2 Å². The van der Waals surface area contributed by atoms with E-state index in [1.165, 1.54) is 19.3 Å². The molecule has 1 saturated carbocycles. The van der Waals surface area contributed by atoms with E-state index in [0.717, 1.165) is 18.5 Å². The Balaban J connectivity index is 1.52. The van der Waals surface area contributed by atoms with Crippen LogP contribution in [0.3, 0.4) is 0 Å². The van der Waals surface area contributed by atoms with Gasteiger partial charge in [0.15, 0.2) is 0 Å². The van der Waals surface area contributed by atoms with Gasteiger partial charge in [0.25, 0.3) is 0 Å². The van der Waals surface area contributed by atoms with Crippen molar-refractivity contribution in [3.05, 3.63) is 43.1 Å². The normalized spacial score (nSPS) is 21.8. The van der Waals surface area contributed by atoms with E-state index in [1.54, 1.807) is 24.8 Å². The summed E-state index contributed by atoms with van der Waals surface area (Å²) >= 11 is 0. The third-order valence-electron chi connectivity index (χ3n) is 6.37. The van der Waals surface area contributed by atoms with Gasteiger partial charge >= 0.3 is 0 Å². The molecule has 0 bridgehead atoms. The monoisotopic (exact) mass is 392 g/mol. The maximum atomic E-state index is 10.5. The van der Waals surface area contributed by atoms with Crippen LogP contribution in [0.2, 0.25) is 0 Å². The molecule has 0 aliphatic heterocycles. The third kappa shape index (κ3) is 3.95. The summed E-state index contributed by atoms with van der Waals surface area (Å²) in [5, 5.41) is 19.2. The van der Waals surface area contributed by atoms with E-state index in [4.69, 9.17) is 0 Å². The highest BCUT2D eigenvalue weighted by atomic mass is 16.3. The number of nitrogens with zero attached hydrogens (tertiary/aromatic N) is 6. The quantitative estimate of drug-likeness (QED) is 0.700. The number of rotatable bonds is 5. The van der Waals surface area contributed by atoms with Crippen LogP contribution in [0.25, 0.3) is 16.9 Å².